The smallest absolute Gasteiger partial charge is 0.271 e. The van der Waals surface area contributed by atoms with Gasteiger partial charge in [0, 0.05) is 18.1 Å². The molecule has 4 atom stereocenters. The molecule has 2 aliphatic rings. The van der Waals surface area contributed by atoms with Crippen LogP contribution in [0.25, 0.3) is 6.08 Å². The second-order valence-electron chi connectivity index (χ2n) is 10.1. The number of benzene rings is 2. The summed E-state index contributed by atoms with van der Waals surface area (Å²) < 4.78 is 13.8. The largest absolute Gasteiger partial charge is 0.505 e. The number of halogens is 1. The van der Waals surface area contributed by atoms with Crippen molar-refractivity contribution < 1.29 is 39.3 Å². The third-order valence-electron chi connectivity index (χ3n) is 7.76. The number of aromatic hydroxyl groups is 1. The van der Waals surface area contributed by atoms with Crippen molar-refractivity contribution in [3.05, 3.63) is 80.7 Å². The lowest BCUT2D eigenvalue weighted by molar-refractivity contribution is -0.384. The standard InChI is InChI=1S/C29H31FN2O8/c1-2-16(10-17-7-8-24(35)23(30)11-17)6-9-25(36)26-18(14-33)12-21-27(22(26)15-34)29(38)31(28(21)37)19-4-3-5-20(13-19)32(39)40/h3-5,7-8,10-11,13,21-22,25,27,33-36H,2,6,9,12,14-15H2,1H3/b16-10+/t21-,22+,25-,27-/m1/s1. The van der Waals surface area contributed by atoms with Gasteiger partial charge < -0.3 is 20.4 Å². The van der Waals surface area contributed by atoms with E-state index >= 15 is 0 Å². The molecule has 212 valence electrons. The molecule has 2 aromatic carbocycles. The Morgan fingerprint density at radius 1 is 1.20 bits per heavy atom. The molecule has 1 heterocycles. The summed E-state index contributed by atoms with van der Waals surface area (Å²) in [6.07, 6.45) is 1.79. The van der Waals surface area contributed by atoms with Crippen molar-refractivity contribution in [3.8, 4) is 5.75 Å². The summed E-state index contributed by atoms with van der Waals surface area (Å²) >= 11 is 0. The number of fused-ring (bicyclic) bond motifs is 1. The number of nitro groups is 1. The third kappa shape index (κ3) is 5.53. The fourth-order valence-corrected chi connectivity index (χ4v) is 5.78. The molecule has 1 fully saturated rings. The van der Waals surface area contributed by atoms with Crippen LogP contribution in [0.5, 0.6) is 5.75 Å². The van der Waals surface area contributed by atoms with Crippen LogP contribution in [0, 0.1) is 33.7 Å². The van der Waals surface area contributed by atoms with E-state index in [9.17, 15) is 44.5 Å². The summed E-state index contributed by atoms with van der Waals surface area (Å²) in [5.41, 5.74) is 1.88. The fraction of sp³-hybridized carbons (Fsp3) is 0.379. The molecular formula is C29H31FN2O8. The van der Waals surface area contributed by atoms with Crippen LogP contribution in [-0.4, -0.2) is 56.5 Å². The quantitative estimate of drug-likeness (QED) is 0.150. The first-order chi connectivity index (χ1) is 19.1. The number of rotatable bonds is 10. The van der Waals surface area contributed by atoms with Crippen molar-refractivity contribution in [1.82, 2.24) is 0 Å². The molecule has 1 saturated heterocycles. The van der Waals surface area contributed by atoms with Gasteiger partial charge in [-0.1, -0.05) is 30.7 Å². The van der Waals surface area contributed by atoms with Crippen molar-refractivity contribution in [3.63, 3.8) is 0 Å². The highest BCUT2D eigenvalue weighted by molar-refractivity contribution is 6.22. The number of imide groups is 1. The zero-order valence-electron chi connectivity index (χ0n) is 21.9. The maximum atomic E-state index is 13.8. The van der Waals surface area contributed by atoms with E-state index in [1.54, 1.807) is 12.1 Å². The maximum absolute atomic E-state index is 13.8. The number of carbonyl (C=O) groups excluding carboxylic acids is 2. The molecule has 4 N–H and O–H groups in total. The maximum Gasteiger partial charge on any atom is 0.271 e. The Kier molecular flexibility index (Phi) is 8.77. The van der Waals surface area contributed by atoms with Crippen LogP contribution >= 0.6 is 0 Å². The number of aliphatic hydroxyl groups excluding tert-OH is 3. The second-order valence-corrected chi connectivity index (χ2v) is 10.1. The highest BCUT2D eigenvalue weighted by atomic mass is 19.1. The number of phenolic OH excluding ortho intramolecular Hbond substituents is 1. The highest BCUT2D eigenvalue weighted by Crippen LogP contribution is 2.47. The van der Waals surface area contributed by atoms with Gasteiger partial charge in [-0.2, -0.15) is 0 Å². The topological polar surface area (TPSA) is 161 Å². The van der Waals surface area contributed by atoms with Crippen LogP contribution < -0.4 is 4.90 Å². The van der Waals surface area contributed by atoms with Gasteiger partial charge in [0.05, 0.1) is 41.8 Å². The van der Waals surface area contributed by atoms with Crippen molar-refractivity contribution in [2.45, 2.75) is 38.7 Å². The number of hydrogen-bond donors (Lipinski definition) is 4. The van der Waals surface area contributed by atoms with Crippen LogP contribution in [0.2, 0.25) is 0 Å². The SMILES string of the molecule is CC/C(=C\c1ccc(O)c(F)c1)CC[C@@H](O)C1=C(CO)C[C@H]2C(=O)N(c3cccc([N+](=O)[O-])c3)C(=O)[C@H]2[C@H]1CO. The Labute approximate surface area is 229 Å². The minimum Gasteiger partial charge on any atom is -0.505 e. The van der Waals surface area contributed by atoms with Gasteiger partial charge in [-0.15, -0.1) is 0 Å². The number of allylic oxidation sites excluding steroid dienone is 1. The number of nitro benzene ring substituents is 1. The summed E-state index contributed by atoms with van der Waals surface area (Å²) in [6.45, 7) is 0.871. The number of non-ortho nitro benzene ring substituents is 1. The number of hydrogen-bond acceptors (Lipinski definition) is 8. The summed E-state index contributed by atoms with van der Waals surface area (Å²) in [4.78, 5) is 38.4. The van der Waals surface area contributed by atoms with Crippen LogP contribution in [0.3, 0.4) is 0 Å². The molecule has 0 radical (unpaired) electrons. The van der Waals surface area contributed by atoms with Crippen LogP contribution in [0.1, 0.15) is 38.2 Å². The minimum absolute atomic E-state index is 0.00329. The summed E-state index contributed by atoms with van der Waals surface area (Å²) in [5.74, 6) is -5.24. The van der Waals surface area contributed by atoms with Crippen LogP contribution in [0.15, 0.2) is 59.2 Å². The van der Waals surface area contributed by atoms with Gasteiger partial charge in [0.1, 0.15) is 0 Å². The first-order valence-electron chi connectivity index (χ1n) is 13.0. The Morgan fingerprint density at radius 2 is 1.95 bits per heavy atom. The summed E-state index contributed by atoms with van der Waals surface area (Å²) in [6, 6.07) is 9.19. The zero-order valence-corrected chi connectivity index (χ0v) is 21.9. The van der Waals surface area contributed by atoms with Gasteiger partial charge in [0.15, 0.2) is 11.6 Å². The molecule has 0 bridgehead atoms. The van der Waals surface area contributed by atoms with Crippen LogP contribution in [0.4, 0.5) is 15.8 Å². The lowest BCUT2D eigenvalue weighted by Gasteiger charge is -2.36. The minimum atomic E-state index is -1.14. The van der Waals surface area contributed by atoms with Gasteiger partial charge in [-0.05, 0) is 60.6 Å². The molecule has 0 unspecified atom stereocenters. The van der Waals surface area contributed by atoms with Crippen molar-refractivity contribution in [2.75, 3.05) is 18.1 Å². The van der Waals surface area contributed by atoms with Crippen molar-refractivity contribution >= 4 is 29.3 Å². The lowest BCUT2D eigenvalue weighted by atomic mass is 9.68. The molecule has 11 heteroatoms. The van der Waals surface area contributed by atoms with E-state index in [1.165, 1.54) is 30.3 Å². The molecule has 2 amide bonds. The zero-order chi connectivity index (χ0) is 29.1. The van der Waals surface area contributed by atoms with E-state index in [0.29, 0.717) is 29.6 Å². The van der Waals surface area contributed by atoms with Gasteiger partial charge in [-0.3, -0.25) is 19.7 Å². The molecule has 10 nitrogen and oxygen atoms in total. The van der Waals surface area contributed by atoms with Gasteiger partial charge in [-0.25, -0.2) is 9.29 Å². The lowest BCUT2D eigenvalue weighted by Crippen LogP contribution is -2.39. The molecule has 0 aromatic heterocycles. The Hall–Kier alpha value is -3.93. The third-order valence-corrected chi connectivity index (χ3v) is 7.76. The number of anilines is 1. The molecule has 4 rings (SSSR count). The molecule has 40 heavy (non-hydrogen) atoms. The normalized spacial score (nSPS) is 22.1. The molecule has 0 spiro atoms. The second kappa shape index (κ2) is 12.1. The van der Waals surface area contributed by atoms with E-state index in [0.717, 1.165) is 16.5 Å². The van der Waals surface area contributed by atoms with Crippen LogP contribution in [-0.2, 0) is 9.59 Å². The van der Waals surface area contributed by atoms with Gasteiger partial charge in [0.25, 0.3) is 5.69 Å². The molecular weight excluding hydrogens is 523 g/mol. The monoisotopic (exact) mass is 554 g/mol. The first kappa shape index (κ1) is 29.1. The Bertz CT molecular complexity index is 1390. The molecule has 2 aromatic rings. The molecule has 1 aliphatic heterocycles. The summed E-state index contributed by atoms with van der Waals surface area (Å²) in [7, 11) is 0. The number of carbonyl (C=O) groups is 2. The van der Waals surface area contributed by atoms with E-state index in [2.05, 4.69) is 0 Å². The van der Waals surface area contributed by atoms with Crippen molar-refractivity contribution in [2.24, 2.45) is 17.8 Å². The molecule has 1 aliphatic carbocycles. The number of amides is 2. The molecule has 0 saturated carbocycles. The predicted octanol–water partition coefficient (Wildman–Crippen LogP) is 3.48. The van der Waals surface area contributed by atoms with E-state index < -0.39 is 65.4 Å². The predicted molar refractivity (Wildman–Crippen MR) is 143 cm³/mol. The van der Waals surface area contributed by atoms with Crippen molar-refractivity contribution in [1.29, 1.82) is 0 Å². The van der Waals surface area contributed by atoms with E-state index in [-0.39, 0.29) is 24.2 Å². The average Bonchev–Trinajstić information content (AvgIpc) is 3.20. The number of phenols is 1. The summed E-state index contributed by atoms with van der Waals surface area (Å²) in [5, 5.41) is 52.4. The fourth-order valence-electron chi connectivity index (χ4n) is 5.78. The number of aliphatic hydroxyl groups is 3. The Balaban J connectivity index is 1.59. The first-order valence-corrected chi connectivity index (χ1v) is 13.0. The van der Waals surface area contributed by atoms with Gasteiger partial charge in [0.2, 0.25) is 11.8 Å². The van der Waals surface area contributed by atoms with Gasteiger partial charge >= 0.3 is 0 Å². The Morgan fingerprint density at radius 3 is 2.58 bits per heavy atom. The van der Waals surface area contributed by atoms with E-state index in [4.69, 9.17) is 0 Å². The highest BCUT2D eigenvalue weighted by Gasteiger charge is 2.55. The average molecular weight is 555 g/mol. The number of nitrogens with zero attached hydrogens (tertiary/aromatic N) is 2. The van der Waals surface area contributed by atoms with E-state index in [1.807, 2.05) is 6.92 Å².